The van der Waals surface area contributed by atoms with E-state index in [1.807, 2.05) is 103 Å². The molecule has 0 aliphatic carbocycles. The maximum atomic E-state index is 12.9. The standard InChI is InChI=1S/C37H41ClO6/c1-40-33-18-12-30(13-19-33)37(39,31-14-20-34(21-15-31)42-26-25-41-27-28-7-3-2-4-8-28)35(29-10-16-32(38)17-11-29)22-24-44-36-9-5-6-23-43-36/h2-4,7-8,10-21,35-36,39H,5-6,9,22-27H2,1H3. The molecule has 1 aliphatic rings. The predicted octanol–water partition coefficient (Wildman–Crippen LogP) is 7.90. The zero-order valence-corrected chi connectivity index (χ0v) is 26.0. The molecule has 6 nitrogen and oxygen atoms in total. The fourth-order valence-corrected chi connectivity index (χ4v) is 5.80. The fraction of sp³-hybridized carbons (Fsp3) is 0.351. The highest BCUT2D eigenvalue weighted by Gasteiger charge is 2.41. The summed E-state index contributed by atoms with van der Waals surface area (Å²) in [7, 11) is 1.63. The molecule has 1 saturated heterocycles. The van der Waals surface area contributed by atoms with E-state index in [1.165, 1.54) is 0 Å². The molecule has 232 valence electrons. The molecule has 5 rings (SSSR count). The summed E-state index contributed by atoms with van der Waals surface area (Å²) < 4.78 is 29.1. The normalized spacial score (nSPS) is 17.0. The summed E-state index contributed by atoms with van der Waals surface area (Å²) in [6.07, 6.45) is 3.38. The lowest BCUT2D eigenvalue weighted by molar-refractivity contribution is -0.164. The topological polar surface area (TPSA) is 66.4 Å². The van der Waals surface area contributed by atoms with Crippen LogP contribution < -0.4 is 9.47 Å². The number of methoxy groups -OCH3 is 1. The molecule has 0 saturated carbocycles. The minimum absolute atomic E-state index is 0.211. The van der Waals surface area contributed by atoms with Crippen LogP contribution in [0.15, 0.2) is 103 Å². The van der Waals surface area contributed by atoms with E-state index in [2.05, 4.69) is 0 Å². The second-order valence-corrected chi connectivity index (χ2v) is 11.4. The first-order valence-corrected chi connectivity index (χ1v) is 15.6. The van der Waals surface area contributed by atoms with Gasteiger partial charge in [0.1, 0.15) is 23.7 Å². The maximum absolute atomic E-state index is 12.9. The zero-order valence-electron chi connectivity index (χ0n) is 25.2. The minimum atomic E-state index is -1.39. The SMILES string of the molecule is COc1ccc(C(O)(c2ccc(OCCOCc3ccccc3)cc2)C(CCOC2CCCCO2)c2ccc(Cl)cc2)cc1. The number of hydrogen-bond donors (Lipinski definition) is 1. The Labute approximate surface area is 265 Å². The molecule has 44 heavy (non-hydrogen) atoms. The van der Waals surface area contributed by atoms with Gasteiger partial charge in [-0.05, 0) is 84.3 Å². The van der Waals surface area contributed by atoms with Gasteiger partial charge in [-0.3, -0.25) is 0 Å². The van der Waals surface area contributed by atoms with Crippen molar-refractivity contribution >= 4 is 11.6 Å². The van der Waals surface area contributed by atoms with Gasteiger partial charge in [0.05, 0.1) is 26.9 Å². The number of halogens is 1. The molecule has 4 aromatic carbocycles. The van der Waals surface area contributed by atoms with E-state index in [0.717, 1.165) is 47.3 Å². The summed E-state index contributed by atoms with van der Waals surface area (Å²) in [6, 6.07) is 33.0. The Morgan fingerprint density at radius 1 is 0.818 bits per heavy atom. The Bertz CT molecular complexity index is 1390. The van der Waals surface area contributed by atoms with Gasteiger partial charge < -0.3 is 28.8 Å². The third-order valence-corrected chi connectivity index (χ3v) is 8.31. The van der Waals surface area contributed by atoms with E-state index in [4.69, 9.17) is 35.3 Å². The quantitative estimate of drug-likeness (QED) is 0.137. The van der Waals surface area contributed by atoms with Gasteiger partial charge in [-0.1, -0.05) is 78.3 Å². The van der Waals surface area contributed by atoms with E-state index < -0.39 is 5.60 Å². The first-order valence-electron chi connectivity index (χ1n) is 15.3. The summed E-state index contributed by atoms with van der Waals surface area (Å²) in [5.41, 5.74) is 2.17. The fourth-order valence-electron chi connectivity index (χ4n) is 5.67. The Morgan fingerprint density at radius 2 is 1.50 bits per heavy atom. The van der Waals surface area contributed by atoms with Crippen LogP contribution in [0.5, 0.6) is 11.5 Å². The van der Waals surface area contributed by atoms with Crippen LogP contribution in [0, 0.1) is 0 Å². The molecule has 3 unspecified atom stereocenters. The van der Waals surface area contributed by atoms with Gasteiger partial charge in [-0.15, -0.1) is 0 Å². The number of ether oxygens (including phenoxy) is 5. The van der Waals surface area contributed by atoms with Gasteiger partial charge >= 0.3 is 0 Å². The second-order valence-electron chi connectivity index (χ2n) is 11.0. The summed E-state index contributed by atoms with van der Waals surface area (Å²) in [5, 5.41) is 13.5. The van der Waals surface area contributed by atoms with Crippen molar-refractivity contribution in [2.75, 3.05) is 33.5 Å². The van der Waals surface area contributed by atoms with Crippen LogP contribution in [-0.2, 0) is 26.4 Å². The summed E-state index contributed by atoms with van der Waals surface area (Å²) in [5.74, 6) is 1.07. The van der Waals surface area contributed by atoms with Crippen molar-refractivity contribution in [2.45, 2.75) is 50.1 Å². The molecule has 0 amide bonds. The van der Waals surface area contributed by atoms with Crippen LogP contribution in [0.25, 0.3) is 0 Å². The number of hydrogen-bond acceptors (Lipinski definition) is 6. The molecular formula is C37H41ClO6. The third-order valence-electron chi connectivity index (χ3n) is 8.06. The summed E-state index contributed by atoms with van der Waals surface area (Å²) >= 11 is 6.27. The Hall–Kier alpha value is -3.39. The van der Waals surface area contributed by atoms with Crippen LogP contribution in [-0.4, -0.2) is 44.9 Å². The molecule has 1 fully saturated rings. The second kappa shape index (κ2) is 16.1. The molecule has 0 spiro atoms. The molecule has 1 N–H and O–H groups in total. The molecule has 7 heteroatoms. The van der Waals surface area contributed by atoms with E-state index in [-0.39, 0.29) is 12.2 Å². The Kier molecular flexibility index (Phi) is 11.7. The van der Waals surface area contributed by atoms with Crippen molar-refractivity contribution in [3.63, 3.8) is 0 Å². The van der Waals surface area contributed by atoms with E-state index >= 15 is 0 Å². The van der Waals surface area contributed by atoms with E-state index in [9.17, 15) is 5.11 Å². The van der Waals surface area contributed by atoms with Crippen molar-refractivity contribution in [3.8, 4) is 11.5 Å². The van der Waals surface area contributed by atoms with Gasteiger partial charge in [-0.25, -0.2) is 0 Å². The number of rotatable bonds is 15. The average molecular weight is 617 g/mol. The molecule has 3 atom stereocenters. The van der Waals surface area contributed by atoms with E-state index in [0.29, 0.717) is 50.2 Å². The van der Waals surface area contributed by atoms with E-state index in [1.54, 1.807) is 7.11 Å². The number of aliphatic hydroxyl groups is 1. The first-order chi connectivity index (χ1) is 21.6. The lowest BCUT2D eigenvalue weighted by atomic mass is 9.71. The van der Waals surface area contributed by atoms with Gasteiger partial charge in [-0.2, -0.15) is 0 Å². The Morgan fingerprint density at radius 3 is 2.14 bits per heavy atom. The van der Waals surface area contributed by atoms with Crippen molar-refractivity contribution in [3.05, 3.63) is 130 Å². The lowest BCUT2D eigenvalue weighted by Crippen LogP contribution is -2.36. The largest absolute Gasteiger partial charge is 0.497 e. The molecular weight excluding hydrogens is 576 g/mol. The van der Waals surface area contributed by atoms with Crippen LogP contribution >= 0.6 is 11.6 Å². The number of benzene rings is 4. The van der Waals surface area contributed by atoms with Gasteiger partial charge in [0.2, 0.25) is 0 Å². The highest BCUT2D eigenvalue weighted by Crippen LogP contribution is 2.45. The van der Waals surface area contributed by atoms with Gasteiger partial charge in [0, 0.05) is 17.5 Å². The molecule has 0 radical (unpaired) electrons. The molecule has 1 heterocycles. The summed E-state index contributed by atoms with van der Waals surface area (Å²) in [6.45, 7) is 2.58. The monoisotopic (exact) mass is 616 g/mol. The highest BCUT2D eigenvalue weighted by atomic mass is 35.5. The van der Waals surface area contributed by atoms with Gasteiger partial charge in [0.25, 0.3) is 0 Å². The van der Waals surface area contributed by atoms with Crippen LogP contribution in [0.2, 0.25) is 5.02 Å². The molecule has 1 aliphatic heterocycles. The predicted molar refractivity (Wildman–Crippen MR) is 172 cm³/mol. The van der Waals surface area contributed by atoms with Crippen molar-refractivity contribution < 1.29 is 28.8 Å². The maximum Gasteiger partial charge on any atom is 0.157 e. The average Bonchev–Trinajstić information content (AvgIpc) is 3.08. The van der Waals surface area contributed by atoms with Crippen LogP contribution in [0.3, 0.4) is 0 Å². The van der Waals surface area contributed by atoms with Crippen molar-refractivity contribution in [1.29, 1.82) is 0 Å². The molecule has 4 aromatic rings. The Balaban J connectivity index is 1.36. The molecule has 0 bridgehead atoms. The first kappa shape index (κ1) is 32.0. The third kappa shape index (κ3) is 8.40. The smallest absolute Gasteiger partial charge is 0.157 e. The van der Waals surface area contributed by atoms with Gasteiger partial charge in [0.15, 0.2) is 6.29 Å². The van der Waals surface area contributed by atoms with Crippen LogP contribution in [0.4, 0.5) is 0 Å². The van der Waals surface area contributed by atoms with Crippen LogP contribution in [0.1, 0.15) is 53.9 Å². The lowest BCUT2D eigenvalue weighted by Gasteiger charge is -2.38. The summed E-state index contributed by atoms with van der Waals surface area (Å²) in [4.78, 5) is 0. The zero-order chi connectivity index (χ0) is 30.6. The highest BCUT2D eigenvalue weighted by molar-refractivity contribution is 6.30. The van der Waals surface area contributed by atoms with Crippen molar-refractivity contribution in [1.82, 2.24) is 0 Å². The van der Waals surface area contributed by atoms with Crippen molar-refractivity contribution in [2.24, 2.45) is 0 Å². The molecule has 0 aromatic heterocycles. The minimum Gasteiger partial charge on any atom is -0.497 e.